The van der Waals surface area contributed by atoms with Crippen LogP contribution >= 0.6 is 0 Å². The van der Waals surface area contributed by atoms with Crippen molar-refractivity contribution in [1.82, 2.24) is 14.7 Å². The Morgan fingerprint density at radius 1 is 1.18 bits per heavy atom. The Balaban J connectivity index is 1.53. The molecule has 0 N–H and O–H groups in total. The number of nitrogens with zero attached hydrogens (tertiary/aromatic N) is 3. The van der Waals surface area contributed by atoms with Crippen LogP contribution in [0, 0.1) is 0 Å². The van der Waals surface area contributed by atoms with Crippen LogP contribution < -0.4 is 0 Å². The molecule has 2 aliphatic rings. The van der Waals surface area contributed by atoms with Gasteiger partial charge in [-0.1, -0.05) is 30.3 Å². The first-order valence-electron chi connectivity index (χ1n) is 8.14. The Kier molecular flexibility index (Phi) is 3.25. The predicted molar refractivity (Wildman–Crippen MR) is 84.4 cm³/mol. The van der Waals surface area contributed by atoms with Crippen molar-refractivity contribution in [2.24, 2.45) is 0 Å². The molecule has 22 heavy (non-hydrogen) atoms. The third-order valence-electron chi connectivity index (χ3n) is 5.07. The third-order valence-corrected chi connectivity index (χ3v) is 5.07. The summed E-state index contributed by atoms with van der Waals surface area (Å²) in [5, 5.41) is 4.35. The second-order valence-electron chi connectivity index (χ2n) is 6.48. The molecule has 114 valence electrons. The summed E-state index contributed by atoms with van der Waals surface area (Å²) in [7, 11) is 0. The van der Waals surface area contributed by atoms with Crippen LogP contribution in [0.25, 0.3) is 0 Å². The lowest BCUT2D eigenvalue weighted by molar-refractivity contribution is -0.135. The van der Waals surface area contributed by atoms with Crippen LogP contribution in [0.1, 0.15) is 37.3 Å². The van der Waals surface area contributed by atoms with Gasteiger partial charge in [0, 0.05) is 25.5 Å². The van der Waals surface area contributed by atoms with E-state index in [0.29, 0.717) is 11.9 Å². The smallest absolute Gasteiger partial charge is 0.233 e. The van der Waals surface area contributed by atoms with Crippen molar-refractivity contribution in [2.45, 2.75) is 37.1 Å². The lowest BCUT2D eigenvalue weighted by Crippen LogP contribution is -2.45. The maximum atomic E-state index is 13.1. The van der Waals surface area contributed by atoms with E-state index in [1.807, 2.05) is 41.3 Å². The van der Waals surface area contributed by atoms with E-state index in [1.54, 1.807) is 0 Å². The lowest BCUT2D eigenvalue weighted by Gasteiger charge is -2.35. The van der Waals surface area contributed by atoms with Crippen molar-refractivity contribution in [3.63, 3.8) is 0 Å². The highest BCUT2D eigenvalue weighted by Gasteiger charge is 2.53. The van der Waals surface area contributed by atoms with Crippen LogP contribution in [0.4, 0.5) is 0 Å². The summed E-state index contributed by atoms with van der Waals surface area (Å²) in [6, 6.07) is 12.5. The van der Waals surface area contributed by atoms with E-state index < -0.39 is 0 Å². The van der Waals surface area contributed by atoms with Crippen molar-refractivity contribution >= 4 is 5.91 Å². The number of hydrogen-bond donors (Lipinski definition) is 0. The first kappa shape index (κ1) is 13.6. The summed E-state index contributed by atoms with van der Waals surface area (Å²) in [4.78, 5) is 15.2. The van der Waals surface area contributed by atoms with Gasteiger partial charge in [0.05, 0.1) is 11.5 Å². The van der Waals surface area contributed by atoms with Gasteiger partial charge >= 0.3 is 0 Å². The second kappa shape index (κ2) is 5.27. The molecule has 1 aliphatic heterocycles. The molecule has 0 radical (unpaired) electrons. The first-order valence-corrected chi connectivity index (χ1v) is 8.14. The van der Waals surface area contributed by atoms with Crippen LogP contribution in [0.15, 0.2) is 48.8 Å². The Bertz CT molecular complexity index is 646. The molecule has 2 heterocycles. The van der Waals surface area contributed by atoms with E-state index in [1.165, 1.54) is 5.56 Å². The number of rotatable bonds is 3. The molecule has 1 aromatic heterocycles. The Hall–Kier alpha value is -2.10. The Morgan fingerprint density at radius 2 is 2.00 bits per heavy atom. The average Bonchev–Trinajstić information content (AvgIpc) is 3.21. The zero-order chi connectivity index (χ0) is 15.0. The maximum absolute atomic E-state index is 13.1. The third kappa shape index (κ3) is 2.23. The molecule has 4 heteroatoms. The molecule has 0 spiro atoms. The van der Waals surface area contributed by atoms with Crippen molar-refractivity contribution in [3.8, 4) is 0 Å². The molecular weight excluding hydrogens is 274 g/mol. The topological polar surface area (TPSA) is 38.1 Å². The molecule has 1 saturated heterocycles. The molecule has 1 saturated carbocycles. The summed E-state index contributed by atoms with van der Waals surface area (Å²) < 4.78 is 2.00. The largest absolute Gasteiger partial charge is 0.340 e. The van der Waals surface area contributed by atoms with Gasteiger partial charge in [0.1, 0.15) is 0 Å². The fourth-order valence-electron chi connectivity index (χ4n) is 3.66. The SMILES string of the molecule is O=C(N1CCC[C@H](n2cccn2)C1)C1(c2ccccc2)CC1. The van der Waals surface area contributed by atoms with E-state index in [2.05, 4.69) is 22.1 Å². The van der Waals surface area contributed by atoms with Gasteiger partial charge in [0.25, 0.3) is 0 Å². The molecule has 4 nitrogen and oxygen atoms in total. The van der Waals surface area contributed by atoms with Gasteiger partial charge in [-0.25, -0.2) is 0 Å². The normalized spacial score (nSPS) is 23.3. The molecule has 1 aliphatic carbocycles. The van der Waals surface area contributed by atoms with Gasteiger partial charge in [0.2, 0.25) is 5.91 Å². The van der Waals surface area contributed by atoms with Crippen LogP contribution in [-0.2, 0) is 10.2 Å². The van der Waals surface area contributed by atoms with E-state index in [4.69, 9.17) is 0 Å². The monoisotopic (exact) mass is 295 g/mol. The molecule has 1 amide bonds. The molecule has 1 atom stereocenters. The number of likely N-dealkylation sites (tertiary alicyclic amines) is 1. The van der Waals surface area contributed by atoms with Crippen molar-refractivity contribution in [1.29, 1.82) is 0 Å². The average molecular weight is 295 g/mol. The number of hydrogen-bond acceptors (Lipinski definition) is 2. The highest BCUT2D eigenvalue weighted by atomic mass is 16.2. The van der Waals surface area contributed by atoms with E-state index in [9.17, 15) is 4.79 Å². The van der Waals surface area contributed by atoms with Crippen molar-refractivity contribution < 1.29 is 4.79 Å². The quantitative estimate of drug-likeness (QED) is 0.873. The van der Waals surface area contributed by atoms with Gasteiger partial charge < -0.3 is 4.90 Å². The first-order chi connectivity index (χ1) is 10.8. The fraction of sp³-hybridized carbons (Fsp3) is 0.444. The Morgan fingerprint density at radius 3 is 2.68 bits per heavy atom. The number of carbonyl (C=O) groups is 1. The molecule has 2 aromatic rings. The van der Waals surface area contributed by atoms with Gasteiger partial charge in [-0.15, -0.1) is 0 Å². The molecule has 2 fully saturated rings. The zero-order valence-electron chi connectivity index (χ0n) is 12.7. The summed E-state index contributed by atoms with van der Waals surface area (Å²) >= 11 is 0. The van der Waals surface area contributed by atoms with E-state index in [-0.39, 0.29) is 5.41 Å². The van der Waals surface area contributed by atoms with Gasteiger partial charge in [-0.05, 0) is 37.3 Å². The highest BCUT2D eigenvalue weighted by Crippen LogP contribution is 2.50. The van der Waals surface area contributed by atoms with Crippen LogP contribution in [0.5, 0.6) is 0 Å². The molecule has 4 rings (SSSR count). The van der Waals surface area contributed by atoms with E-state index in [0.717, 1.165) is 38.8 Å². The zero-order valence-corrected chi connectivity index (χ0v) is 12.7. The molecule has 0 unspecified atom stereocenters. The maximum Gasteiger partial charge on any atom is 0.233 e. The number of benzene rings is 1. The lowest BCUT2D eigenvalue weighted by atomic mass is 9.93. The molecule has 0 bridgehead atoms. The minimum Gasteiger partial charge on any atom is -0.340 e. The standard InChI is InChI=1S/C18H21N3O/c22-17(18(9-10-18)15-6-2-1-3-7-15)20-12-4-8-16(14-20)21-13-5-11-19-21/h1-3,5-7,11,13,16H,4,8-10,12,14H2/t16-/m0/s1. The number of aromatic nitrogens is 2. The second-order valence-corrected chi connectivity index (χ2v) is 6.48. The van der Waals surface area contributed by atoms with Crippen LogP contribution in [-0.4, -0.2) is 33.7 Å². The van der Waals surface area contributed by atoms with Crippen molar-refractivity contribution in [3.05, 3.63) is 54.4 Å². The summed E-state index contributed by atoms with van der Waals surface area (Å²) in [5.74, 6) is 0.315. The van der Waals surface area contributed by atoms with Crippen molar-refractivity contribution in [2.75, 3.05) is 13.1 Å². The molecular formula is C18H21N3O. The number of carbonyl (C=O) groups excluding carboxylic acids is 1. The van der Waals surface area contributed by atoms with Gasteiger partial charge in [-0.2, -0.15) is 5.10 Å². The molecule has 1 aromatic carbocycles. The summed E-state index contributed by atoms with van der Waals surface area (Å²) in [5.41, 5.74) is 0.939. The number of piperidine rings is 1. The van der Waals surface area contributed by atoms with Gasteiger partial charge in [0.15, 0.2) is 0 Å². The Labute approximate surface area is 130 Å². The van der Waals surface area contributed by atoms with Gasteiger partial charge in [-0.3, -0.25) is 9.48 Å². The minimum absolute atomic E-state index is 0.243. The van der Waals surface area contributed by atoms with Crippen LogP contribution in [0.3, 0.4) is 0 Å². The minimum atomic E-state index is -0.243. The number of amides is 1. The highest BCUT2D eigenvalue weighted by molar-refractivity contribution is 5.91. The predicted octanol–water partition coefficient (Wildman–Crippen LogP) is 2.78. The summed E-state index contributed by atoms with van der Waals surface area (Å²) in [6.07, 6.45) is 7.94. The fourth-order valence-corrected chi connectivity index (χ4v) is 3.66. The van der Waals surface area contributed by atoms with Crippen LogP contribution in [0.2, 0.25) is 0 Å². The van der Waals surface area contributed by atoms with E-state index >= 15 is 0 Å². The summed E-state index contributed by atoms with van der Waals surface area (Å²) in [6.45, 7) is 1.67.